The lowest BCUT2D eigenvalue weighted by Crippen LogP contribution is -2.02. The molecule has 0 aliphatic heterocycles. The minimum absolute atomic E-state index is 0.166. The third kappa shape index (κ3) is 3.86. The first-order valence-corrected chi connectivity index (χ1v) is 6.10. The quantitative estimate of drug-likeness (QED) is 0.346. The van der Waals surface area contributed by atoms with Crippen molar-refractivity contribution in [3.05, 3.63) is 76.2 Å². The van der Waals surface area contributed by atoms with Crippen LogP contribution in [-0.4, -0.2) is 12.3 Å². The third-order valence-corrected chi connectivity index (χ3v) is 2.70. The number of benzene rings is 2. The van der Waals surface area contributed by atoms with E-state index in [4.69, 9.17) is 10.3 Å². The summed E-state index contributed by atoms with van der Waals surface area (Å²) in [6.45, 7) is 0.313. The fourth-order valence-corrected chi connectivity index (χ4v) is 1.67. The highest BCUT2D eigenvalue weighted by Crippen LogP contribution is 2.14. The van der Waals surface area contributed by atoms with Gasteiger partial charge in [-0.15, -0.1) is 0 Å². The molecule has 0 saturated heterocycles. The zero-order valence-corrected chi connectivity index (χ0v) is 10.8. The van der Waals surface area contributed by atoms with Gasteiger partial charge < -0.3 is 4.74 Å². The van der Waals surface area contributed by atoms with Gasteiger partial charge in [0.2, 0.25) is 0 Å². The zero-order chi connectivity index (χ0) is 14.2. The molecule has 5 nitrogen and oxygen atoms in total. The van der Waals surface area contributed by atoms with Crippen molar-refractivity contribution in [2.24, 2.45) is 5.11 Å². The van der Waals surface area contributed by atoms with E-state index in [1.165, 1.54) is 0 Å². The van der Waals surface area contributed by atoms with Crippen molar-refractivity contribution < 1.29 is 9.53 Å². The molecule has 0 radical (unpaired) electrons. The molecular weight excluding hydrogens is 254 g/mol. The lowest BCUT2D eigenvalue weighted by atomic mass is 10.1. The summed E-state index contributed by atoms with van der Waals surface area (Å²) in [7, 11) is 0. The van der Waals surface area contributed by atoms with Crippen LogP contribution in [0.5, 0.6) is 5.75 Å². The van der Waals surface area contributed by atoms with Crippen molar-refractivity contribution in [1.29, 1.82) is 0 Å². The number of Topliss-reactive ketones (excluding diaryl/α,β-unsaturated/α-hetero) is 1. The summed E-state index contributed by atoms with van der Waals surface area (Å²) in [5.41, 5.74) is 9.75. The maximum absolute atomic E-state index is 11.6. The van der Waals surface area contributed by atoms with Crippen molar-refractivity contribution in [3.8, 4) is 5.75 Å². The van der Waals surface area contributed by atoms with E-state index >= 15 is 0 Å². The monoisotopic (exact) mass is 267 g/mol. The molecule has 0 bridgehead atoms. The van der Waals surface area contributed by atoms with Crippen LogP contribution in [0.1, 0.15) is 15.9 Å². The van der Waals surface area contributed by atoms with E-state index in [-0.39, 0.29) is 12.3 Å². The first-order chi connectivity index (χ1) is 9.79. The van der Waals surface area contributed by atoms with Crippen molar-refractivity contribution in [3.63, 3.8) is 0 Å². The number of rotatable bonds is 6. The molecule has 0 N–H and O–H groups in total. The van der Waals surface area contributed by atoms with Crippen LogP contribution < -0.4 is 4.74 Å². The van der Waals surface area contributed by atoms with Crippen molar-refractivity contribution >= 4 is 5.78 Å². The lowest BCUT2D eigenvalue weighted by molar-refractivity contribution is 0.100. The van der Waals surface area contributed by atoms with E-state index in [2.05, 4.69) is 10.0 Å². The number of ether oxygens (including phenoxy) is 1. The van der Waals surface area contributed by atoms with Gasteiger partial charge in [0.05, 0.1) is 6.54 Å². The molecule has 0 aliphatic carbocycles. The number of carbonyl (C=O) groups is 1. The molecule has 100 valence electrons. The number of ketones is 1. The van der Waals surface area contributed by atoms with Gasteiger partial charge in [-0.25, -0.2) is 0 Å². The van der Waals surface area contributed by atoms with Crippen LogP contribution in [0, 0.1) is 0 Å². The van der Waals surface area contributed by atoms with Crippen LogP contribution in [0.25, 0.3) is 10.4 Å². The zero-order valence-electron chi connectivity index (χ0n) is 10.8. The summed E-state index contributed by atoms with van der Waals surface area (Å²) < 4.78 is 5.61. The molecule has 0 saturated carbocycles. The Morgan fingerprint density at radius 1 is 1.10 bits per heavy atom. The second kappa shape index (κ2) is 6.97. The van der Waals surface area contributed by atoms with Gasteiger partial charge in [0.25, 0.3) is 0 Å². The second-order valence-corrected chi connectivity index (χ2v) is 4.11. The summed E-state index contributed by atoms with van der Waals surface area (Å²) in [5.74, 6) is 0.478. The third-order valence-electron chi connectivity index (χ3n) is 2.70. The van der Waals surface area contributed by atoms with Crippen LogP contribution in [0.3, 0.4) is 0 Å². The van der Waals surface area contributed by atoms with E-state index < -0.39 is 0 Å². The van der Waals surface area contributed by atoms with E-state index in [0.29, 0.717) is 17.9 Å². The second-order valence-electron chi connectivity index (χ2n) is 4.11. The molecule has 0 aromatic heterocycles. The largest absolute Gasteiger partial charge is 0.489 e. The Kier molecular flexibility index (Phi) is 4.76. The van der Waals surface area contributed by atoms with Gasteiger partial charge in [0, 0.05) is 10.5 Å². The van der Waals surface area contributed by atoms with Gasteiger partial charge in [0.1, 0.15) is 12.4 Å². The van der Waals surface area contributed by atoms with Gasteiger partial charge in [-0.05, 0) is 35.4 Å². The van der Waals surface area contributed by atoms with Gasteiger partial charge in [-0.2, -0.15) is 0 Å². The Bertz CT molecular complexity index is 617. The standard InChI is InChI=1S/C15H13N3O2/c16-18-17-10-15(19)13-6-8-14(9-7-13)20-11-12-4-2-1-3-5-12/h1-9H,10-11H2. The molecule has 0 amide bonds. The molecule has 0 heterocycles. The Morgan fingerprint density at radius 3 is 2.45 bits per heavy atom. The number of hydrogen-bond donors (Lipinski definition) is 0. The fourth-order valence-electron chi connectivity index (χ4n) is 1.67. The van der Waals surface area contributed by atoms with E-state index in [0.717, 1.165) is 5.56 Å². The summed E-state index contributed by atoms with van der Waals surface area (Å²) in [6.07, 6.45) is 0. The highest BCUT2D eigenvalue weighted by molar-refractivity contribution is 5.97. The van der Waals surface area contributed by atoms with Crippen LogP contribution in [0.4, 0.5) is 0 Å². The van der Waals surface area contributed by atoms with E-state index in [9.17, 15) is 4.79 Å². The normalized spacial score (nSPS) is 9.60. The maximum atomic E-state index is 11.6. The van der Waals surface area contributed by atoms with Crippen molar-refractivity contribution in [2.45, 2.75) is 6.61 Å². The van der Waals surface area contributed by atoms with Gasteiger partial charge in [0.15, 0.2) is 5.78 Å². The number of hydrogen-bond acceptors (Lipinski definition) is 3. The molecule has 20 heavy (non-hydrogen) atoms. The van der Waals surface area contributed by atoms with Crippen LogP contribution in [0.2, 0.25) is 0 Å². The van der Waals surface area contributed by atoms with Crippen LogP contribution >= 0.6 is 0 Å². The lowest BCUT2D eigenvalue weighted by Gasteiger charge is -2.06. The maximum Gasteiger partial charge on any atom is 0.168 e. The molecule has 0 fully saturated rings. The smallest absolute Gasteiger partial charge is 0.168 e. The van der Waals surface area contributed by atoms with Gasteiger partial charge in [-0.1, -0.05) is 35.4 Å². The molecule has 0 spiro atoms. The molecule has 0 atom stereocenters. The van der Waals surface area contributed by atoms with E-state index in [1.807, 2.05) is 30.3 Å². The minimum atomic E-state index is -0.211. The minimum Gasteiger partial charge on any atom is -0.489 e. The molecule has 0 unspecified atom stereocenters. The van der Waals surface area contributed by atoms with Gasteiger partial charge in [-0.3, -0.25) is 4.79 Å². The fraction of sp³-hybridized carbons (Fsp3) is 0.133. The number of carbonyl (C=O) groups excluding carboxylic acids is 1. The molecule has 0 aliphatic rings. The number of azide groups is 1. The van der Waals surface area contributed by atoms with Gasteiger partial charge >= 0.3 is 0 Å². The Hall–Kier alpha value is -2.78. The van der Waals surface area contributed by atoms with Crippen LogP contribution in [-0.2, 0) is 6.61 Å². The topological polar surface area (TPSA) is 75.1 Å². The Labute approximate surface area is 116 Å². The van der Waals surface area contributed by atoms with Crippen molar-refractivity contribution in [1.82, 2.24) is 0 Å². The predicted octanol–water partition coefficient (Wildman–Crippen LogP) is 3.76. The average molecular weight is 267 g/mol. The molecule has 5 heteroatoms. The molecule has 2 aromatic carbocycles. The number of nitrogens with zero attached hydrogens (tertiary/aromatic N) is 3. The predicted molar refractivity (Wildman–Crippen MR) is 75.6 cm³/mol. The van der Waals surface area contributed by atoms with Crippen LogP contribution in [0.15, 0.2) is 59.7 Å². The summed E-state index contributed by atoms with van der Waals surface area (Å²) in [4.78, 5) is 14.1. The average Bonchev–Trinajstić information content (AvgIpc) is 2.52. The van der Waals surface area contributed by atoms with E-state index in [1.54, 1.807) is 24.3 Å². The summed E-state index contributed by atoms with van der Waals surface area (Å²) in [6, 6.07) is 16.6. The highest BCUT2D eigenvalue weighted by atomic mass is 16.5. The van der Waals surface area contributed by atoms with Crippen molar-refractivity contribution in [2.75, 3.05) is 6.54 Å². The molecule has 2 aromatic rings. The molecule has 2 rings (SSSR count). The molecular formula is C15H13N3O2. The Morgan fingerprint density at radius 2 is 1.80 bits per heavy atom. The first-order valence-electron chi connectivity index (χ1n) is 6.10. The SMILES string of the molecule is [N-]=[N+]=NCC(=O)c1ccc(OCc2ccccc2)cc1. The Balaban J connectivity index is 1.94. The highest BCUT2D eigenvalue weighted by Gasteiger charge is 2.04. The first kappa shape index (κ1) is 13.6. The summed E-state index contributed by atoms with van der Waals surface area (Å²) in [5, 5.41) is 3.25. The summed E-state index contributed by atoms with van der Waals surface area (Å²) >= 11 is 0.